The lowest BCUT2D eigenvalue weighted by atomic mass is 9.87. The van der Waals surface area contributed by atoms with E-state index in [1.54, 1.807) is 12.1 Å². The number of carbonyl (C=O) groups is 1. The maximum Gasteiger partial charge on any atom is 0.388 e. The number of carbonyl (C=O) groups excluding carboxylic acids is 1. The molecule has 0 saturated heterocycles. The van der Waals surface area contributed by atoms with Gasteiger partial charge in [-0.15, -0.1) is 0 Å². The van der Waals surface area contributed by atoms with Gasteiger partial charge in [-0.3, -0.25) is 20.2 Å². The minimum Gasteiger partial charge on any atom is -0.428 e. The average Bonchev–Trinajstić information content (AvgIpc) is 2.99. The first-order valence-electron chi connectivity index (χ1n) is 8.49. The average molecular weight is 460 g/mol. The van der Waals surface area contributed by atoms with E-state index >= 15 is 0 Å². The molecule has 29 heavy (non-hydrogen) atoms. The highest BCUT2D eigenvalue weighted by molar-refractivity contribution is 6.68. The number of rotatable bonds is 3. The Hall–Kier alpha value is -2.22. The Labute approximate surface area is 182 Å². The van der Waals surface area contributed by atoms with Crippen LogP contribution in [0.1, 0.15) is 36.7 Å². The molecule has 1 heterocycles. The van der Waals surface area contributed by atoms with Crippen LogP contribution < -0.4 is 14.8 Å². The Bertz CT molecular complexity index is 985. The second kappa shape index (κ2) is 7.23. The molecule has 1 amide bonds. The lowest BCUT2D eigenvalue weighted by molar-refractivity contribution is -0.384. The first-order chi connectivity index (χ1) is 13.3. The smallest absolute Gasteiger partial charge is 0.388 e. The predicted molar refractivity (Wildman–Crippen MR) is 110 cm³/mol. The van der Waals surface area contributed by atoms with E-state index in [1.807, 2.05) is 26.8 Å². The van der Waals surface area contributed by atoms with E-state index < -0.39 is 20.5 Å². The fraction of sp³-hybridized carbons (Fsp3) is 0.316. The van der Waals surface area contributed by atoms with E-state index in [2.05, 4.69) is 5.32 Å². The minimum absolute atomic E-state index is 0.0219. The lowest BCUT2D eigenvalue weighted by Crippen LogP contribution is -2.63. The first kappa shape index (κ1) is 21.5. The number of hydrogen-bond donors (Lipinski definition) is 1. The van der Waals surface area contributed by atoms with Crippen molar-refractivity contribution in [1.82, 2.24) is 5.32 Å². The van der Waals surface area contributed by atoms with Crippen LogP contribution in [0, 0.1) is 10.1 Å². The Balaban J connectivity index is 1.94. The van der Waals surface area contributed by atoms with Crippen LogP contribution in [0.2, 0.25) is 0 Å². The van der Waals surface area contributed by atoms with Crippen molar-refractivity contribution in [3.05, 3.63) is 63.7 Å². The summed E-state index contributed by atoms with van der Waals surface area (Å²) in [4.78, 5) is 23.1. The van der Waals surface area contributed by atoms with E-state index in [1.165, 1.54) is 18.2 Å². The van der Waals surface area contributed by atoms with Crippen molar-refractivity contribution in [2.24, 2.45) is 0 Å². The van der Waals surface area contributed by atoms with Gasteiger partial charge in [-0.2, -0.15) is 0 Å². The van der Waals surface area contributed by atoms with Gasteiger partial charge in [0.05, 0.1) is 4.92 Å². The van der Waals surface area contributed by atoms with Crippen molar-refractivity contribution in [2.45, 2.75) is 35.9 Å². The van der Waals surface area contributed by atoms with E-state index in [-0.39, 0.29) is 22.4 Å². The summed E-state index contributed by atoms with van der Waals surface area (Å²) in [5.74, 6) is -2.35. The van der Waals surface area contributed by atoms with E-state index in [9.17, 15) is 14.9 Å². The summed E-state index contributed by atoms with van der Waals surface area (Å²) in [7, 11) is 0. The molecule has 1 atom stereocenters. The molecule has 1 aliphatic heterocycles. The Morgan fingerprint density at radius 1 is 1.07 bits per heavy atom. The molecule has 0 aliphatic carbocycles. The zero-order valence-electron chi connectivity index (χ0n) is 15.7. The fourth-order valence-electron chi connectivity index (χ4n) is 2.69. The predicted octanol–water partition coefficient (Wildman–Crippen LogP) is 5.12. The van der Waals surface area contributed by atoms with Gasteiger partial charge in [0.2, 0.25) is 0 Å². The zero-order chi connectivity index (χ0) is 21.6. The molecule has 0 saturated carbocycles. The van der Waals surface area contributed by atoms with Gasteiger partial charge in [-0.1, -0.05) is 67.7 Å². The first-order valence-corrected chi connectivity index (χ1v) is 9.62. The van der Waals surface area contributed by atoms with Gasteiger partial charge in [0.15, 0.2) is 11.5 Å². The molecule has 10 heteroatoms. The minimum atomic E-state index is -2.22. The largest absolute Gasteiger partial charge is 0.428 e. The fourth-order valence-corrected chi connectivity index (χ4v) is 3.06. The zero-order valence-corrected chi connectivity index (χ0v) is 17.9. The molecule has 3 rings (SSSR count). The van der Waals surface area contributed by atoms with Crippen molar-refractivity contribution in [3.8, 4) is 11.5 Å². The van der Waals surface area contributed by atoms with Gasteiger partial charge in [0.25, 0.3) is 15.4 Å². The third kappa shape index (κ3) is 4.22. The van der Waals surface area contributed by atoms with Gasteiger partial charge >= 0.3 is 5.91 Å². The quantitative estimate of drug-likeness (QED) is 0.391. The SMILES string of the molecule is CC(C)(C)c1ccc2c(c1)O[C@](NC(=O)c1cccc([N+](=O)[O-])c1)(C(Cl)(Cl)Cl)O2. The number of non-ortho nitro benzene ring substituents is 1. The number of nitro groups is 1. The number of halogens is 3. The number of nitro benzene ring substituents is 1. The Kier molecular flexibility index (Phi) is 5.36. The topological polar surface area (TPSA) is 90.7 Å². The van der Waals surface area contributed by atoms with Crippen molar-refractivity contribution >= 4 is 46.4 Å². The molecule has 0 radical (unpaired) electrons. The van der Waals surface area contributed by atoms with Crippen molar-refractivity contribution in [2.75, 3.05) is 0 Å². The van der Waals surface area contributed by atoms with Crippen molar-refractivity contribution < 1.29 is 19.2 Å². The van der Waals surface area contributed by atoms with E-state index in [0.717, 1.165) is 11.6 Å². The summed E-state index contributed by atoms with van der Waals surface area (Å²) >= 11 is 18.3. The number of nitrogens with zero attached hydrogens (tertiary/aromatic N) is 1. The maximum absolute atomic E-state index is 12.7. The lowest BCUT2D eigenvalue weighted by Gasteiger charge is -2.33. The summed E-state index contributed by atoms with van der Waals surface area (Å²) in [6, 6.07) is 10.4. The van der Waals surface area contributed by atoms with Gasteiger partial charge in [0, 0.05) is 17.7 Å². The monoisotopic (exact) mass is 458 g/mol. The molecule has 7 nitrogen and oxygen atoms in total. The molecule has 154 valence electrons. The highest BCUT2D eigenvalue weighted by Crippen LogP contribution is 2.49. The molecular weight excluding hydrogens is 443 g/mol. The number of alkyl halides is 3. The molecule has 2 aromatic carbocycles. The van der Waals surface area contributed by atoms with Gasteiger partial charge in [-0.25, -0.2) is 0 Å². The van der Waals surface area contributed by atoms with Gasteiger partial charge < -0.3 is 9.47 Å². The number of nitrogens with one attached hydrogen (secondary N) is 1. The number of fused-ring (bicyclic) bond motifs is 1. The van der Waals surface area contributed by atoms with E-state index in [0.29, 0.717) is 5.75 Å². The number of hydrogen-bond acceptors (Lipinski definition) is 5. The van der Waals surface area contributed by atoms with Crippen molar-refractivity contribution in [1.29, 1.82) is 0 Å². The summed E-state index contributed by atoms with van der Waals surface area (Å²) in [6.07, 6.45) is 0. The van der Waals surface area contributed by atoms with Crippen LogP contribution in [-0.4, -0.2) is 20.5 Å². The molecule has 0 spiro atoms. The van der Waals surface area contributed by atoms with Crippen LogP contribution in [0.25, 0.3) is 0 Å². The Morgan fingerprint density at radius 2 is 1.72 bits per heavy atom. The van der Waals surface area contributed by atoms with Crippen LogP contribution in [0.15, 0.2) is 42.5 Å². The molecule has 1 N–H and O–H groups in total. The number of ether oxygens (including phenoxy) is 2. The standard InChI is InChI=1S/C19H17Cl3N2O5/c1-17(2,3)12-7-8-14-15(10-12)29-19(28-14,18(20,21)22)23-16(25)11-5-4-6-13(9-11)24(26)27/h4-10H,1-3H3,(H,23,25)/t19-/m0/s1. The van der Waals surface area contributed by atoms with Crippen LogP contribution >= 0.6 is 34.8 Å². The molecule has 0 fully saturated rings. The highest BCUT2D eigenvalue weighted by Gasteiger charge is 2.59. The molecule has 1 aliphatic rings. The van der Waals surface area contributed by atoms with Gasteiger partial charge in [0.1, 0.15) is 0 Å². The third-order valence-corrected chi connectivity index (χ3v) is 5.03. The van der Waals surface area contributed by atoms with Crippen LogP contribution in [0.3, 0.4) is 0 Å². The molecule has 0 aromatic heterocycles. The Morgan fingerprint density at radius 3 is 2.31 bits per heavy atom. The van der Waals surface area contributed by atoms with E-state index in [4.69, 9.17) is 44.3 Å². The van der Waals surface area contributed by atoms with Crippen LogP contribution in [-0.2, 0) is 5.41 Å². The van der Waals surface area contributed by atoms with Crippen LogP contribution in [0.4, 0.5) is 5.69 Å². The normalized spacial score (nSPS) is 18.4. The number of amides is 1. The van der Waals surface area contributed by atoms with Crippen molar-refractivity contribution in [3.63, 3.8) is 0 Å². The van der Waals surface area contributed by atoms with Gasteiger partial charge in [-0.05, 0) is 29.2 Å². The molecular formula is C19H17Cl3N2O5. The van der Waals surface area contributed by atoms with Crippen LogP contribution in [0.5, 0.6) is 11.5 Å². The maximum atomic E-state index is 12.7. The molecule has 0 bridgehead atoms. The number of benzene rings is 2. The summed E-state index contributed by atoms with van der Waals surface area (Å²) < 4.78 is 9.28. The highest BCUT2D eigenvalue weighted by atomic mass is 35.6. The molecule has 0 unspecified atom stereocenters. The summed E-state index contributed by atoms with van der Waals surface area (Å²) in [5, 5.41) is 13.4. The second-order valence-electron chi connectivity index (χ2n) is 7.49. The molecule has 2 aromatic rings. The summed E-state index contributed by atoms with van der Waals surface area (Å²) in [5.41, 5.74) is 0.499. The summed E-state index contributed by atoms with van der Waals surface area (Å²) in [6.45, 7) is 6.07. The third-order valence-electron chi connectivity index (χ3n) is 4.29. The second-order valence-corrected chi connectivity index (χ2v) is 9.77.